The molecule has 2 aliphatic rings. The minimum atomic E-state index is -0.998. The van der Waals surface area contributed by atoms with Gasteiger partial charge in [-0.15, -0.1) is 0 Å². The van der Waals surface area contributed by atoms with Crippen molar-refractivity contribution in [2.75, 3.05) is 6.61 Å². The van der Waals surface area contributed by atoms with Crippen LogP contribution < -0.4 is 0 Å². The van der Waals surface area contributed by atoms with Crippen molar-refractivity contribution >= 4 is 0 Å². The fourth-order valence-electron chi connectivity index (χ4n) is 5.32. The summed E-state index contributed by atoms with van der Waals surface area (Å²) in [4.78, 5) is 0. The second-order valence-electron chi connectivity index (χ2n) is 10.5. The van der Waals surface area contributed by atoms with Crippen LogP contribution in [0.1, 0.15) is 48.8 Å². The predicted octanol–water partition coefficient (Wildman–Crippen LogP) is 5.81. The standard InChI is InChI=1S/C33H40O6/c34-30-32(37-23-27-17-9-3-10-18-27)31(36-22-26-15-7-2-8-16-26)29(24-35-21-25-13-5-1-6-14-25)39-33(30)38-28-19-11-4-12-20-28/h1-3,5-10,13-18,28-34H,4,11-12,19-24H2/t29-,30-,31-,32-,33?/m1/s1. The highest BCUT2D eigenvalue weighted by atomic mass is 16.7. The van der Waals surface area contributed by atoms with E-state index in [0.717, 1.165) is 42.4 Å². The van der Waals surface area contributed by atoms with Crippen LogP contribution in [-0.4, -0.2) is 48.5 Å². The van der Waals surface area contributed by atoms with Crippen molar-refractivity contribution in [3.8, 4) is 0 Å². The Labute approximate surface area is 231 Å². The van der Waals surface area contributed by atoms with Crippen LogP contribution in [0.15, 0.2) is 91.0 Å². The van der Waals surface area contributed by atoms with Crippen LogP contribution in [0.25, 0.3) is 0 Å². The highest BCUT2D eigenvalue weighted by Gasteiger charge is 2.48. The highest BCUT2D eigenvalue weighted by Crippen LogP contribution is 2.31. The zero-order valence-corrected chi connectivity index (χ0v) is 22.5. The molecule has 1 N–H and O–H groups in total. The van der Waals surface area contributed by atoms with Crippen molar-refractivity contribution in [2.45, 2.75) is 88.7 Å². The average molecular weight is 533 g/mol. The van der Waals surface area contributed by atoms with Crippen molar-refractivity contribution in [1.29, 1.82) is 0 Å². The molecular weight excluding hydrogens is 492 g/mol. The lowest BCUT2D eigenvalue weighted by atomic mass is 9.96. The van der Waals surface area contributed by atoms with Crippen LogP contribution in [0.3, 0.4) is 0 Å². The summed E-state index contributed by atoms with van der Waals surface area (Å²) < 4.78 is 31.8. The summed E-state index contributed by atoms with van der Waals surface area (Å²) >= 11 is 0. The summed E-state index contributed by atoms with van der Waals surface area (Å²) in [6.07, 6.45) is 2.03. The third-order valence-electron chi connectivity index (χ3n) is 7.46. The van der Waals surface area contributed by atoms with Gasteiger partial charge in [0.25, 0.3) is 0 Å². The number of hydrogen-bond donors (Lipinski definition) is 1. The molecule has 1 aliphatic heterocycles. The maximum absolute atomic E-state index is 11.5. The van der Waals surface area contributed by atoms with E-state index < -0.39 is 30.7 Å². The van der Waals surface area contributed by atoms with Gasteiger partial charge in [0.2, 0.25) is 0 Å². The van der Waals surface area contributed by atoms with Gasteiger partial charge in [0.15, 0.2) is 6.29 Å². The molecule has 0 aromatic heterocycles. The number of aliphatic hydroxyl groups is 1. The van der Waals surface area contributed by atoms with Gasteiger partial charge in [0.1, 0.15) is 24.4 Å². The second-order valence-corrected chi connectivity index (χ2v) is 10.5. The number of hydrogen-bond acceptors (Lipinski definition) is 6. The molecular formula is C33H40O6. The van der Waals surface area contributed by atoms with E-state index in [-0.39, 0.29) is 12.7 Å². The molecule has 0 spiro atoms. The maximum Gasteiger partial charge on any atom is 0.186 e. The largest absolute Gasteiger partial charge is 0.385 e. The zero-order valence-electron chi connectivity index (χ0n) is 22.5. The fraction of sp³-hybridized carbons (Fsp3) is 0.455. The van der Waals surface area contributed by atoms with E-state index in [0.29, 0.717) is 19.8 Å². The number of rotatable bonds is 12. The monoisotopic (exact) mass is 532 g/mol. The van der Waals surface area contributed by atoms with Crippen LogP contribution in [0.5, 0.6) is 0 Å². The Morgan fingerprint density at radius 3 is 1.72 bits per heavy atom. The molecule has 5 atom stereocenters. The minimum absolute atomic E-state index is 0.0702. The maximum atomic E-state index is 11.5. The number of aliphatic hydroxyl groups excluding tert-OH is 1. The second kappa shape index (κ2) is 14.7. The third-order valence-corrected chi connectivity index (χ3v) is 7.46. The first kappa shape index (κ1) is 28.0. The quantitative estimate of drug-likeness (QED) is 0.318. The van der Waals surface area contributed by atoms with Gasteiger partial charge in [-0.3, -0.25) is 0 Å². The van der Waals surface area contributed by atoms with Crippen LogP contribution in [0.2, 0.25) is 0 Å². The molecule has 6 nitrogen and oxygen atoms in total. The van der Waals surface area contributed by atoms with Crippen molar-refractivity contribution in [2.24, 2.45) is 0 Å². The molecule has 208 valence electrons. The molecule has 39 heavy (non-hydrogen) atoms. The van der Waals surface area contributed by atoms with Crippen LogP contribution >= 0.6 is 0 Å². The predicted molar refractivity (Wildman–Crippen MR) is 149 cm³/mol. The van der Waals surface area contributed by atoms with Crippen LogP contribution in [0.4, 0.5) is 0 Å². The molecule has 0 radical (unpaired) electrons. The Kier molecular flexibility index (Phi) is 10.5. The summed E-state index contributed by atoms with van der Waals surface area (Å²) in [5, 5.41) is 11.5. The molecule has 0 bridgehead atoms. The Morgan fingerprint density at radius 1 is 0.641 bits per heavy atom. The van der Waals surface area contributed by atoms with E-state index in [4.69, 9.17) is 23.7 Å². The van der Waals surface area contributed by atoms with E-state index in [1.54, 1.807) is 0 Å². The summed E-state index contributed by atoms with van der Waals surface area (Å²) in [6.45, 7) is 1.47. The summed E-state index contributed by atoms with van der Waals surface area (Å²) in [5.41, 5.74) is 3.15. The molecule has 0 amide bonds. The molecule has 1 heterocycles. The first-order chi connectivity index (χ1) is 19.3. The lowest BCUT2D eigenvalue weighted by Crippen LogP contribution is -2.61. The van der Waals surface area contributed by atoms with Gasteiger partial charge in [-0.05, 0) is 29.5 Å². The van der Waals surface area contributed by atoms with Crippen LogP contribution in [0, 0.1) is 0 Å². The third kappa shape index (κ3) is 8.21. The average Bonchev–Trinajstić information content (AvgIpc) is 2.99. The molecule has 3 aromatic carbocycles. The first-order valence-corrected chi connectivity index (χ1v) is 14.2. The van der Waals surface area contributed by atoms with E-state index >= 15 is 0 Å². The van der Waals surface area contributed by atoms with E-state index in [1.807, 2.05) is 91.0 Å². The number of ether oxygens (including phenoxy) is 5. The van der Waals surface area contributed by atoms with Gasteiger partial charge in [-0.25, -0.2) is 0 Å². The van der Waals surface area contributed by atoms with E-state index in [1.165, 1.54) is 6.42 Å². The minimum Gasteiger partial charge on any atom is -0.385 e. The van der Waals surface area contributed by atoms with E-state index in [2.05, 4.69) is 0 Å². The highest BCUT2D eigenvalue weighted by molar-refractivity contribution is 5.15. The molecule has 1 aliphatic carbocycles. The Hall–Kier alpha value is -2.58. The molecule has 5 rings (SSSR count). The van der Waals surface area contributed by atoms with Gasteiger partial charge in [0, 0.05) is 0 Å². The number of benzene rings is 3. The lowest BCUT2D eigenvalue weighted by molar-refractivity contribution is -0.328. The zero-order chi connectivity index (χ0) is 26.7. The normalized spacial score (nSPS) is 25.9. The van der Waals surface area contributed by atoms with Crippen molar-refractivity contribution in [3.05, 3.63) is 108 Å². The Balaban J connectivity index is 1.34. The summed E-state index contributed by atoms with van der Waals surface area (Å²) in [6, 6.07) is 30.0. The van der Waals surface area contributed by atoms with Gasteiger partial charge >= 0.3 is 0 Å². The van der Waals surface area contributed by atoms with Crippen molar-refractivity contribution in [1.82, 2.24) is 0 Å². The van der Waals surface area contributed by atoms with Crippen LogP contribution in [-0.2, 0) is 43.5 Å². The summed E-state index contributed by atoms with van der Waals surface area (Å²) in [5.74, 6) is 0. The summed E-state index contributed by atoms with van der Waals surface area (Å²) in [7, 11) is 0. The first-order valence-electron chi connectivity index (χ1n) is 14.2. The Morgan fingerprint density at radius 2 is 1.15 bits per heavy atom. The van der Waals surface area contributed by atoms with Gasteiger partial charge in [-0.2, -0.15) is 0 Å². The molecule has 3 aromatic rings. The molecule has 2 fully saturated rings. The van der Waals surface area contributed by atoms with Crippen molar-refractivity contribution in [3.63, 3.8) is 0 Å². The molecule has 1 saturated heterocycles. The molecule has 1 saturated carbocycles. The van der Waals surface area contributed by atoms with Gasteiger partial charge in [-0.1, -0.05) is 110 Å². The lowest BCUT2D eigenvalue weighted by Gasteiger charge is -2.45. The molecule has 1 unspecified atom stereocenters. The van der Waals surface area contributed by atoms with Crippen molar-refractivity contribution < 1.29 is 28.8 Å². The topological polar surface area (TPSA) is 66.4 Å². The fourth-order valence-corrected chi connectivity index (χ4v) is 5.32. The molecule has 6 heteroatoms. The van der Waals surface area contributed by atoms with Gasteiger partial charge < -0.3 is 28.8 Å². The van der Waals surface area contributed by atoms with Gasteiger partial charge in [0.05, 0.1) is 32.5 Å². The SMILES string of the molecule is O[C@H]1C(OC2CCCCC2)O[C@H](COCc2ccccc2)[C@@H](OCc2ccccc2)[C@@H]1OCc1ccccc1. The smallest absolute Gasteiger partial charge is 0.186 e. The Bertz CT molecular complexity index is 1070. The van der Waals surface area contributed by atoms with E-state index in [9.17, 15) is 5.11 Å².